The highest BCUT2D eigenvalue weighted by molar-refractivity contribution is 5.97. The molecule has 166 valence electrons. The van der Waals surface area contributed by atoms with Gasteiger partial charge in [-0.25, -0.2) is 4.39 Å². The van der Waals surface area contributed by atoms with Crippen molar-refractivity contribution in [2.75, 3.05) is 19.8 Å². The number of benzene rings is 1. The van der Waals surface area contributed by atoms with Crippen molar-refractivity contribution in [2.24, 2.45) is 11.8 Å². The highest BCUT2D eigenvalue weighted by Gasteiger charge is 2.41. The van der Waals surface area contributed by atoms with Gasteiger partial charge in [0, 0.05) is 37.4 Å². The Morgan fingerprint density at radius 1 is 1.26 bits per heavy atom. The number of rotatable bonds is 5. The van der Waals surface area contributed by atoms with Crippen LogP contribution in [0.3, 0.4) is 0 Å². The van der Waals surface area contributed by atoms with E-state index in [-0.39, 0.29) is 41.2 Å². The van der Waals surface area contributed by atoms with E-state index < -0.39 is 6.04 Å². The Morgan fingerprint density at radius 3 is 2.65 bits per heavy atom. The van der Waals surface area contributed by atoms with Crippen LogP contribution in [0.25, 0.3) is 11.3 Å². The summed E-state index contributed by atoms with van der Waals surface area (Å²) < 4.78 is 24.0. The molecule has 1 aromatic heterocycles. The van der Waals surface area contributed by atoms with Crippen LogP contribution in [0.5, 0.6) is 0 Å². The van der Waals surface area contributed by atoms with E-state index in [0.29, 0.717) is 37.5 Å². The van der Waals surface area contributed by atoms with Crippen molar-refractivity contribution in [3.8, 4) is 11.3 Å². The number of aromatic nitrogens is 1. The van der Waals surface area contributed by atoms with Crippen LogP contribution in [-0.4, -0.2) is 53.7 Å². The zero-order valence-corrected chi connectivity index (χ0v) is 17.8. The van der Waals surface area contributed by atoms with Crippen molar-refractivity contribution in [2.45, 2.75) is 45.2 Å². The summed E-state index contributed by atoms with van der Waals surface area (Å²) >= 11 is 0. The molecule has 2 aromatic rings. The number of ether oxygens (including phenoxy) is 1. The van der Waals surface area contributed by atoms with Crippen LogP contribution in [0.15, 0.2) is 34.9 Å². The number of carbonyl (C=O) groups excluding carboxylic acids is 2. The lowest BCUT2D eigenvalue weighted by atomic mass is 9.88. The van der Waals surface area contributed by atoms with Gasteiger partial charge in [-0.15, -0.1) is 0 Å². The molecule has 8 heteroatoms. The summed E-state index contributed by atoms with van der Waals surface area (Å²) in [6.45, 7) is 5.84. The average molecular weight is 429 g/mol. The van der Waals surface area contributed by atoms with E-state index in [2.05, 4.69) is 10.5 Å². The van der Waals surface area contributed by atoms with Crippen molar-refractivity contribution in [3.63, 3.8) is 0 Å². The van der Waals surface area contributed by atoms with Gasteiger partial charge in [-0.3, -0.25) is 9.59 Å². The Kier molecular flexibility index (Phi) is 6.36. The molecule has 0 aliphatic carbocycles. The maximum atomic E-state index is 13.4. The number of piperazine rings is 1. The van der Waals surface area contributed by atoms with Gasteiger partial charge in [0.05, 0.1) is 0 Å². The number of nitrogens with zero attached hydrogens (tertiary/aromatic N) is 2. The van der Waals surface area contributed by atoms with Gasteiger partial charge in [-0.1, -0.05) is 19.0 Å². The Labute approximate surface area is 180 Å². The molecule has 7 nitrogen and oxygen atoms in total. The van der Waals surface area contributed by atoms with Crippen LogP contribution in [0.4, 0.5) is 4.39 Å². The zero-order chi connectivity index (χ0) is 22.0. The van der Waals surface area contributed by atoms with Crippen molar-refractivity contribution in [1.29, 1.82) is 0 Å². The van der Waals surface area contributed by atoms with Crippen LogP contribution >= 0.6 is 0 Å². The molecule has 1 aromatic carbocycles. The molecule has 31 heavy (non-hydrogen) atoms. The van der Waals surface area contributed by atoms with Gasteiger partial charge in [0.25, 0.3) is 5.91 Å². The maximum Gasteiger partial charge on any atom is 0.276 e. The minimum atomic E-state index is -0.547. The second-order valence-electron chi connectivity index (χ2n) is 8.75. The molecule has 2 aliphatic rings. The molecule has 4 rings (SSSR count). The molecular formula is C23H28FN3O4. The van der Waals surface area contributed by atoms with E-state index in [1.54, 1.807) is 23.1 Å². The fourth-order valence-corrected chi connectivity index (χ4v) is 4.37. The molecular weight excluding hydrogens is 401 g/mol. The Hall–Kier alpha value is -2.74. The third-order valence-electron chi connectivity index (χ3n) is 6.05. The molecule has 2 fully saturated rings. The minimum absolute atomic E-state index is 0.104. The summed E-state index contributed by atoms with van der Waals surface area (Å²) in [5.74, 6) is 0.111. The molecule has 0 bridgehead atoms. The number of hydrogen-bond donors (Lipinski definition) is 1. The monoisotopic (exact) mass is 429 g/mol. The van der Waals surface area contributed by atoms with Crippen molar-refractivity contribution < 1.29 is 23.2 Å². The van der Waals surface area contributed by atoms with Crippen LogP contribution in [0.2, 0.25) is 0 Å². The van der Waals surface area contributed by atoms with Gasteiger partial charge in [-0.2, -0.15) is 0 Å². The van der Waals surface area contributed by atoms with E-state index in [0.717, 1.165) is 12.8 Å². The largest absolute Gasteiger partial charge is 0.381 e. The fraction of sp³-hybridized carbons (Fsp3) is 0.522. The highest BCUT2D eigenvalue weighted by atomic mass is 19.1. The molecule has 0 saturated carbocycles. The van der Waals surface area contributed by atoms with E-state index in [9.17, 15) is 14.0 Å². The molecule has 1 unspecified atom stereocenters. The molecule has 0 radical (unpaired) electrons. The number of amides is 2. The molecule has 1 N–H and O–H groups in total. The molecule has 2 atom stereocenters. The first-order valence-electron chi connectivity index (χ1n) is 10.8. The molecule has 2 amide bonds. The summed E-state index contributed by atoms with van der Waals surface area (Å²) in [5.41, 5.74) is 0.775. The number of carbonyl (C=O) groups is 2. The van der Waals surface area contributed by atoms with Crippen LogP contribution in [0, 0.1) is 17.7 Å². The van der Waals surface area contributed by atoms with Crippen LogP contribution in [0.1, 0.15) is 43.6 Å². The summed E-state index contributed by atoms with van der Waals surface area (Å²) in [7, 11) is 0. The summed E-state index contributed by atoms with van der Waals surface area (Å²) in [6.07, 6.45) is 2.29. The lowest BCUT2D eigenvalue weighted by Gasteiger charge is -2.43. The number of nitrogens with one attached hydrogen (secondary N) is 1. The highest BCUT2D eigenvalue weighted by Crippen LogP contribution is 2.27. The topological polar surface area (TPSA) is 84.7 Å². The molecule has 0 spiro atoms. The average Bonchev–Trinajstić information content (AvgIpc) is 3.25. The van der Waals surface area contributed by atoms with Crippen molar-refractivity contribution in [3.05, 3.63) is 41.8 Å². The lowest BCUT2D eigenvalue weighted by Crippen LogP contribution is -2.64. The summed E-state index contributed by atoms with van der Waals surface area (Å²) in [4.78, 5) is 28.0. The van der Waals surface area contributed by atoms with Crippen LogP contribution < -0.4 is 5.32 Å². The normalized spacial score (nSPS) is 22.6. The fourth-order valence-electron chi connectivity index (χ4n) is 4.37. The standard InChI is InChI=1S/C23H28FN3O4/c1-14(2)11-20-22(28)25-19(15-7-9-30-10-8-15)13-27(20)23(29)18-12-21(31-26-18)16-3-5-17(24)6-4-16/h3-6,12,14-15,19-20H,7-11,13H2,1-2H3,(H,25,28)/t19?,20-/m0/s1. The number of hydrogen-bond acceptors (Lipinski definition) is 5. The van der Waals surface area contributed by atoms with Crippen molar-refractivity contribution >= 4 is 11.8 Å². The second kappa shape index (κ2) is 9.18. The Bertz CT molecular complexity index is 921. The quantitative estimate of drug-likeness (QED) is 0.789. The van der Waals surface area contributed by atoms with Gasteiger partial charge in [0.15, 0.2) is 11.5 Å². The minimum Gasteiger partial charge on any atom is -0.381 e. The smallest absolute Gasteiger partial charge is 0.276 e. The van der Waals surface area contributed by atoms with Gasteiger partial charge in [0.1, 0.15) is 11.9 Å². The first-order valence-corrected chi connectivity index (χ1v) is 10.8. The third kappa shape index (κ3) is 4.79. The van der Waals surface area contributed by atoms with Gasteiger partial charge in [-0.05, 0) is 55.4 Å². The molecule has 3 heterocycles. The van der Waals surface area contributed by atoms with E-state index in [1.165, 1.54) is 12.1 Å². The maximum absolute atomic E-state index is 13.4. The van der Waals surface area contributed by atoms with Gasteiger partial charge < -0.3 is 19.5 Å². The zero-order valence-electron chi connectivity index (χ0n) is 17.8. The lowest BCUT2D eigenvalue weighted by molar-refractivity contribution is -0.131. The first-order chi connectivity index (χ1) is 14.9. The predicted octanol–water partition coefficient (Wildman–Crippen LogP) is 3.26. The third-order valence-corrected chi connectivity index (χ3v) is 6.05. The Balaban J connectivity index is 1.57. The van der Waals surface area contributed by atoms with E-state index in [4.69, 9.17) is 9.26 Å². The molecule has 2 aliphatic heterocycles. The summed E-state index contributed by atoms with van der Waals surface area (Å²) in [5, 5.41) is 7.10. The Morgan fingerprint density at radius 2 is 1.97 bits per heavy atom. The van der Waals surface area contributed by atoms with Gasteiger partial charge >= 0.3 is 0 Å². The SMILES string of the molecule is CC(C)C[C@H]1C(=O)NC(C2CCOCC2)CN1C(=O)c1cc(-c2ccc(F)cc2)on1. The molecule has 2 saturated heterocycles. The predicted molar refractivity (Wildman–Crippen MR) is 112 cm³/mol. The van der Waals surface area contributed by atoms with Gasteiger partial charge in [0.2, 0.25) is 5.91 Å². The van der Waals surface area contributed by atoms with Crippen molar-refractivity contribution in [1.82, 2.24) is 15.4 Å². The number of halogens is 1. The van der Waals surface area contributed by atoms with E-state index >= 15 is 0 Å². The first kappa shape index (κ1) is 21.5. The second-order valence-corrected chi connectivity index (χ2v) is 8.75. The summed E-state index contributed by atoms with van der Waals surface area (Å²) in [6, 6.07) is 6.69. The van der Waals surface area contributed by atoms with E-state index in [1.807, 2.05) is 13.8 Å². The van der Waals surface area contributed by atoms with Crippen LogP contribution in [-0.2, 0) is 9.53 Å².